The fourth-order valence-electron chi connectivity index (χ4n) is 2.27. The van der Waals surface area contributed by atoms with E-state index in [1.165, 1.54) is 25.6 Å². The molecule has 0 radical (unpaired) electrons. The van der Waals surface area contributed by atoms with Gasteiger partial charge in [-0.15, -0.1) is 0 Å². The predicted octanol–water partition coefficient (Wildman–Crippen LogP) is 3.46. The van der Waals surface area contributed by atoms with Gasteiger partial charge in [0.2, 0.25) is 0 Å². The molecule has 0 saturated heterocycles. The molecule has 132 valence electrons. The summed E-state index contributed by atoms with van der Waals surface area (Å²) in [5.41, 5.74) is 1.93. The van der Waals surface area contributed by atoms with Gasteiger partial charge in [-0.05, 0) is 48.0 Å². The number of nitrogens with zero attached hydrogens (tertiary/aromatic N) is 2. The van der Waals surface area contributed by atoms with E-state index >= 15 is 0 Å². The second-order valence-corrected chi connectivity index (χ2v) is 7.02. The molecule has 3 rings (SSSR count). The summed E-state index contributed by atoms with van der Waals surface area (Å²) < 4.78 is 32.9. The van der Waals surface area contributed by atoms with E-state index in [4.69, 9.17) is 4.74 Å². The number of hydrogen-bond acceptors (Lipinski definition) is 5. The Morgan fingerprint density at radius 1 is 1.00 bits per heavy atom. The van der Waals surface area contributed by atoms with Crippen LogP contribution in [0.3, 0.4) is 0 Å². The summed E-state index contributed by atoms with van der Waals surface area (Å²) in [6.45, 7) is 0. The van der Waals surface area contributed by atoms with E-state index in [1.807, 2.05) is 12.1 Å². The van der Waals surface area contributed by atoms with Gasteiger partial charge in [0.25, 0.3) is 10.0 Å². The third-order valence-electron chi connectivity index (χ3n) is 3.61. The number of hydrogen-bond donors (Lipinski definition) is 1. The molecule has 3 aromatic rings. The maximum Gasteiger partial charge on any atom is 0.261 e. The molecule has 0 amide bonds. The molecule has 0 atom stereocenters. The average Bonchev–Trinajstić information content (AvgIpc) is 2.68. The van der Waals surface area contributed by atoms with E-state index in [-0.39, 0.29) is 4.90 Å². The molecule has 7 heteroatoms. The van der Waals surface area contributed by atoms with Crippen molar-refractivity contribution in [1.29, 1.82) is 0 Å². The van der Waals surface area contributed by atoms with Crippen LogP contribution in [0.1, 0.15) is 11.3 Å². The van der Waals surface area contributed by atoms with Gasteiger partial charge in [0.1, 0.15) is 12.1 Å². The molecule has 1 N–H and O–H groups in total. The Morgan fingerprint density at radius 2 is 1.77 bits per heavy atom. The number of sulfonamides is 1. The number of methoxy groups -OCH3 is 1. The highest BCUT2D eigenvalue weighted by molar-refractivity contribution is 7.92. The molecule has 6 nitrogen and oxygen atoms in total. The first-order valence-electron chi connectivity index (χ1n) is 7.78. The van der Waals surface area contributed by atoms with Gasteiger partial charge in [0.15, 0.2) is 0 Å². The number of aromatic nitrogens is 2. The van der Waals surface area contributed by atoms with Crippen molar-refractivity contribution in [3.8, 4) is 5.75 Å². The number of anilines is 1. The zero-order valence-corrected chi connectivity index (χ0v) is 14.8. The molecule has 0 saturated carbocycles. The summed E-state index contributed by atoms with van der Waals surface area (Å²) in [6.07, 6.45) is 6.69. The monoisotopic (exact) mass is 367 g/mol. The Hall–Kier alpha value is -3.19. The number of rotatable bonds is 6. The Morgan fingerprint density at radius 3 is 2.46 bits per heavy atom. The van der Waals surface area contributed by atoms with Crippen LogP contribution in [0.15, 0.2) is 72.0 Å². The fourth-order valence-corrected chi connectivity index (χ4v) is 3.36. The highest BCUT2D eigenvalue weighted by Gasteiger charge is 2.15. The van der Waals surface area contributed by atoms with Gasteiger partial charge in [0, 0.05) is 6.20 Å². The third kappa shape index (κ3) is 4.25. The molecular formula is C19H17N3O3S. The van der Waals surface area contributed by atoms with Crippen molar-refractivity contribution in [3.63, 3.8) is 0 Å². The lowest BCUT2D eigenvalue weighted by Crippen LogP contribution is -2.13. The molecule has 0 aliphatic rings. The van der Waals surface area contributed by atoms with Crippen molar-refractivity contribution in [2.75, 3.05) is 11.8 Å². The van der Waals surface area contributed by atoms with Gasteiger partial charge in [0.05, 0.1) is 23.4 Å². The zero-order valence-electron chi connectivity index (χ0n) is 14.0. The first kappa shape index (κ1) is 17.6. The fraction of sp³-hybridized carbons (Fsp3) is 0.0526. The summed E-state index contributed by atoms with van der Waals surface area (Å²) in [5, 5.41) is 0. The summed E-state index contributed by atoms with van der Waals surface area (Å²) in [6, 6.07) is 15.1. The van der Waals surface area contributed by atoms with Crippen LogP contribution in [0.25, 0.3) is 12.2 Å². The number of nitrogens with one attached hydrogen (secondary N) is 1. The molecular weight excluding hydrogens is 350 g/mol. The van der Waals surface area contributed by atoms with Gasteiger partial charge < -0.3 is 4.74 Å². The molecule has 0 aliphatic heterocycles. The Bertz CT molecular complexity index is 1000. The third-order valence-corrected chi connectivity index (χ3v) is 4.99. The van der Waals surface area contributed by atoms with Crippen LogP contribution in [0.4, 0.5) is 5.69 Å². The lowest BCUT2D eigenvalue weighted by molar-refractivity contribution is 0.414. The average molecular weight is 367 g/mol. The van der Waals surface area contributed by atoms with Crippen molar-refractivity contribution < 1.29 is 13.2 Å². The molecule has 2 aromatic carbocycles. The molecule has 1 heterocycles. The summed E-state index contributed by atoms with van der Waals surface area (Å²) >= 11 is 0. The summed E-state index contributed by atoms with van der Waals surface area (Å²) in [4.78, 5) is 8.14. The normalized spacial score (nSPS) is 11.4. The number of para-hydroxylation sites is 1. The van der Waals surface area contributed by atoms with Crippen molar-refractivity contribution in [3.05, 3.63) is 78.4 Å². The van der Waals surface area contributed by atoms with E-state index in [1.54, 1.807) is 48.7 Å². The highest BCUT2D eigenvalue weighted by Crippen LogP contribution is 2.23. The van der Waals surface area contributed by atoms with Crippen LogP contribution in [0.5, 0.6) is 5.75 Å². The molecule has 26 heavy (non-hydrogen) atoms. The minimum atomic E-state index is -3.71. The molecule has 1 aromatic heterocycles. The summed E-state index contributed by atoms with van der Waals surface area (Å²) in [5.74, 6) is 0.595. The number of ether oxygens (including phenoxy) is 1. The van der Waals surface area contributed by atoms with Crippen LogP contribution >= 0.6 is 0 Å². The second-order valence-electron chi connectivity index (χ2n) is 5.34. The van der Waals surface area contributed by atoms with Crippen molar-refractivity contribution >= 4 is 27.9 Å². The van der Waals surface area contributed by atoms with E-state index in [0.717, 1.165) is 11.3 Å². The Balaban J connectivity index is 1.86. The van der Waals surface area contributed by atoms with Crippen molar-refractivity contribution in [1.82, 2.24) is 9.97 Å². The molecule has 0 bridgehead atoms. The van der Waals surface area contributed by atoms with Gasteiger partial charge >= 0.3 is 0 Å². The molecule has 0 spiro atoms. The van der Waals surface area contributed by atoms with Crippen LogP contribution in [0.2, 0.25) is 0 Å². The van der Waals surface area contributed by atoms with E-state index in [2.05, 4.69) is 14.7 Å². The topological polar surface area (TPSA) is 81.2 Å². The maximum absolute atomic E-state index is 12.6. The van der Waals surface area contributed by atoms with Crippen LogP contribution in [-0.4, -0.2) is 25.5 Å². The largest absolute Gasteiger partial charge is 0.497 e. The SMILES string of the molecule is COc1ccc(S(=O)(=O)Nc2ccccc2/C=C/c2ccncn2)cc1. The molecule has 0 aliphatic carbocycles. The standard InChI is InChI=1S/C19H17N3O3S/c1-25-17-8-10-18(11-9-17)26(23,24)22-19-5-3-2-4-15(19)6-7-16-12-13-20-14-21-16/h2-14,22H,1H3/b7-6+. The first-order chi connectivity index (χ1) is 12.6. The quantitative estimate of drug-likeness (QED) is 0.722. The minimum Gasteiger partial charge on any atom is -0.497 e. The lowest BCUT2D eigenvalue weighted by atomic mass is 10.1. The minimum absolute atomic E-state index is 0.160. The van der Waals surface area contributed by atoms with Crippen molar-refractivity contribution in [2.45, 2.75) is 4.90 Å². The van der Waals surface area contributed by atoms with Crippen LogP contribution < -0.4 is 9.46 Å². The summed E-state index contributed by atoms with van der Waals surface area (Å²) in [7, 11) is -2.18. The van der Waals surface area contributed by atoms with Gasteiger partial charge in [-0.1, -0.05) is 24.3 Å². The second kappa shape index (κ2) is 7.79. The first-order valence-corrected chi connectivity index (χ1v) is 9.27. The highest BCUT2D eigenvalue weighted by atomic mass is 32.2. The number of benzene rings is 2. The van der Waals surface area contributed by atoms with Crippen LogP contribution in [0, 0.1) is 0 Å². The Kier molecular flexibility index (Phi) is 5.28. The zero-order chi connectivity index (χ0) is 18.4. The van der Waals surface area contributed by atoms with Gasteiger partial charge in [-0.3, -0.25) is 4.72 Å². The Labute approximate surface area is 152 Å². The van der Waals surface area contributed by atoms with E-state index in [9.17, 15) is 8.42 Å². The smallest absolute Gasteiger partial charge is 0.261 e. The van der Waals surface area contributed by atoms with Crippen LogP contribution in [-0.2, 0) is 10.0 Å². The van der Waals surface area contributed by atoms with Gasteiger partial charge in [-0.2, -0.15) is 0 Å². The van der Waals surface area contributed by atoms with Crippen molar-refractivity contribution in [2.24, 2.45) is 0 Å². The molecule has 0 unspecified atom stereocenters. The molecule has 0 fully saturated rings. The predicted molar refractivity (Wildman–Crippen MR) is 101 cm³/mol. The lowest BCUT2D eigenvalue weighted by Gasteiger charge is -2.11. The van der Waals surface area contributed by atoms with E-state index < -0.39 is 10.0 Å². The maximum atomic E-state index is 12.6. The van der Waals surface area contributed by atoms with Gasteiger partial charge in [-0.25, -0.2) is 18.4 Å². The van der Waals surface area contributed by atoms with E-state index in [0.29, 0.717) is 11.4 Å².